The molecule has 1 fully saturated rings. The highest BCUT2D eigenvalue weighted by Gasteiger charge is 2.41. The van der Waals surface area contributed by atoms with Crippen LogP contribution in [0.5, 0.6) is 5.75 Å². The molecule has 1 atom stereocenters. The first kappa shape index (κ1) is 15.4. The molecule has 1 heterocycles. The smallest absolute Gasteiger partial charge is 0.322 e. The minimum Gasteiger partial charge on any atom is -0.508 e. The number of aromatic hydroxyl groups is 1. The Morgan fingerprint density at radius 2 is 1.90 bits per heavy atom. The molecule has 1 aromatic carbocycles. The Morgan fingerprint density at radius 3 is 2.43 bits per heavy atom. The van der Waals surface area contributed by atoms with Gasteiger partial charge in [0.15, 0.2) is 0 Å². The van der Waals surface area contributed by atoms with Crippen molar-refractivity contribution in [2.45, 2.75) is 51.5 Å². The van der Waals surface area contributed by atoms with Crippen molar-refractivity contribution in [1.29, 1.82) is 0 Å². The van der Waals surface area contributed by atoms with Crippen LogP contribution in [0.25, 0.3) is 0 Å². The first-order valence-corrected chi connectivity index (χ1v) is 7.08. The SMILES string of the molecule is CC1(CCc2ccc(O)c(C(C)(C)C)c2)NC(=O)NC1=O. The van der Waals surface area contributed by atoms with Crippen molar-refractivity contribution in [2.24, 2.45) is 0 Å². The predicted molar refractivity (Wildman–Crippen MR) is 80.2 cm³/mol. The Balaban J connectivity index is 2.14. The van der Waals surface area contributed by atoms with E-state index in [1.165, 1.54) is 0 Å². The number of rotatable bonds is 3. The van der Waals surface area contributed by atoms with Crippen molar-refractivity contribution in [2.75, 3.05) is 0 Å². The van der Waals surface area contributed by atoms with Crippen molar-refractivity contribution in [3.63, 3.8) is 0 Å². The largest absolute Gasteiger partial charge is 0.508 e. The van der Waals surface area contributed by atoms with E-state index in [0.717, 1.165) is 11.1 Å². The van der Waals surface area contributed by atoms with Crippen LogP contribution >= 0.6 is 0 Å². The van der Waals surface area contributed by atoms with E-state index in [1.807, 2.05) is 32.9 Å². The number of carbonyl (C=O) groups excluding carboxylic acids is 2. The van der Waals surface area contributed by atoms with Crippen molar-refractivity contribution in [1.82, 2.24) is 10.6 Å². The maximum Gasteiger partial charge on any atom is 0.322 e. The monoisotopic (exact) mass is 290 g/mol. The molecule has 0 aromatic heterocycles. The molecule has 1 aromatic rings. The lowest BCUT2D eigenvalue weighted by Gasteiger charge is -2.23. The molecule has 3 amide bonds. The molecule has 0 radical (unpaired) electrons. The van der Waals surface area contributed by atoms with Gasteiger partial charge in [0.25, 0.3) is 5.91 Å². The highest BCUT2D eigenvalue weighted by Crippen LogP contribution is 2.32. The average molecular weight is 290 g/mol. The third kappa shape index (κ3) is 3.17. The van der Waals surface area contributed by atoms with Gasteiger partial charge in [-0.25, -0.2) is 4.79 Å². The Kier molecular flexibility index (Phi) is 3.70. The van der Waals surface area contributed by atoms with Crippen LogP contribution in [-0.4, -0.2) is 22.6 Å². The Bertz CT molecular complexity index is 590. The molecule has 5 heteroatoms. The highest BCUT2D eigenvalue weighted by molar-refractivity contribution is 6.06. The minimum absolute atomic E-state index is 0.150. The number of nitrogens with one attached hydrogen (secondary N) is 2. The summed E-state index contributed by atoms with van der Waals surface area (Å²) >= 11 is 0. The summed E-state index contributed by atoms with van der Waals surface area (Å²) in [7, 11) is 0. The molecule has 1 saturated heterocycles. The number of carbonyl (C=O) groups is 2. The average Bonchev–Trinajstić information content (AvgIpc) is 2.61. The molecule has 0 aliphatic carbocycles. The van der Waals surface area contributed by atoms with Crippen LogP contribution in [0.1, 0.15) is 45.2 Å². The number of hydrogen-bond donors (Lipinski definition) is 3. The summed E-state index contributed by atoms with van der Waals surface area (Å²) in [4.78, 5) is 23.0. The normalized spacial score (nSPS) is 22.1. The molecule has 21 heavy (non-hydrogen) atoms. The lowest BCUT2D eigenvalue weighted by atomic mass is 9.84. The topological polar surface area (TPSA) is 78.4 Å². The van der Waals surface area contributed by atoms with E-state index in [2.05, 4.69) is 10.6 Å². The summed E-state index contributed by atoms with van der Waals surface area (Å²) in [6.07, 6.45) is 1.16. The van der Waals surface area contributed by atoms with E-state index < -0.39 is 11.6 Å². The Morgan fingerprint density at radius 1 is 1.24 bits per heavy atom. The van der Waals surface area contributed by atoms with Crippen LogP contribution in [-0.2, 0) is 16.6 Å². The standard InChI is InChI=1S/C16H22N2O3/c1-15(2,3)11-9-10(5-6-12(11)19)7-8-16(4)13(20)17-14(21)18-16/h5-6,9,19H,7-8H2,1-4H3,(H2,17,18,20,21). The van der Waals surface area contributed by atoms with Gasteiger partial charge in [-0.3, -0.25) is 10.1 Å². The van der Waals surface area contributed by atoms with Gasteiger partial charge in [0.2, 0.25) is 0 Å². The van der Waals surface area contributed by atoms with Crippen LogP contribution in [0.15, 0.2) is 18.2 Å². The van der Waals surface area contributed by atoms with Crippen molar-refractivity contribution in [3.05, 3.63) is 29.3 Å². The van der Waals surface area contributed by atoms with Gasteiger partial charge in [0, 0.05) is 0 Å². The quantitative estimate of drug-likeness (QED) is 0.747. The number of phenolic OH excluding ortho intramolecular Hbond substituents is 1. The first-order chi connectivity index (χ1) is 9.62. The lowest BCUT2D eigenvalue weighted by Crippen LogP contribution is -2.43. The maximum atomic E-state index is 11.8. The zero-order chi connectivity index (χ0) is 15.8. The number of hydrogen-bond acceptors (Lipinski definition) is 3. The number of benzene rings is 1. The third-order valence-corrected chi connectivity index (χ3v) is 3.90. The third-order valence-electron chi connectivity index (χ3n) is 3.90. The van der Waals surface area contributed by atoms with Gasteiger partial charge in [-0.1, -0.05) is 32.9 Å². The van der Waals surface area contributed by atoms with E-state index in [-0.39, 0.29) is 17.1 Å². The molecule has 1 aliphatic heterocycles. The van der Waals surface area contributed by atoms with Crippen LogP contribution in [0.3, 0.4) is 0 Å². The van der Waals surface area contributed by atoms with Crippen molar-refractivity contribution < 1.29 is 14.7 Å². The number of imide groups is 1. The fourth-order valence-electron chi connectivity index (χ4n) is 2.49. The van der Waals surface area contributed by atoms with Gasteiger partial charge in [-0.2, -0.15) is 0 Å². The summed E-state index contributed by atoms with van der Waals surface area (Å²) in [5.41, 5.74) is 0.901. The summed E-state index contributed by atoms with van der Waals surface area (Å²) < 4.78 is 0. The summed E-state index contributed by atoms with van der Waals surface area (Å²) in [6.45, 7) is 7.84. The van der Waals surface area contributed by atoms with Crippen molar-refractivity contribution >= 4 is 11.9 Å². The molecular weight excluding hydrogens is 268 g/mol. The maximum absolute atomic E-state index is 11.8. The minimum atomic E-state index is -0.864. The number of urea groups is 1. The van der Waals surface area contributed by atoms with Crippen LogP contribution in [0, 0.1) is 0 Å². The number of aryl methyl sites for hydroxylation is 1. The molecule has 114 valence electrons. The van der Waals surface area contributed by atoms with E-state index in [4.69, 9.17) is 0 Å². The number of phenols is 1. The molecule has 1 aliphatic rings. The summed E-state index contributed by atoms with van der Waals surface area (Å²) in [5, 5.41) is 14.9. The van der Waals surface area contributed by atoms with Crippen LogP contribution in [0.4, 0.5) is 4.79 Å². The molecule has 2 rings (SSSR count). The second-order valence-electron chi connectivity index (χ2n) is 6.84. The molecular formula is C16H22N2O3. The van der Waals surface area contributed by atoms with E-state index in [1.54, 1.807) is 13.0 Å². The van der Waals surface area contributed by atoms with Gasteiger partial charge in [0.1, 0.15) is 11.3 Å². The van der Waals surface area contributed by atoms with Gasteiger partial charge in [-0.05, 0) is 42.4 Å². The summed E-state index contributed by atoms with van der Waals surface area (Å²) in [6, 6.07) is 5.06. The molecule has 0 spiro atoms. The van der Waals surface area contributed by atoms with Gasteiger partial charge < -0.3 is 10.4 Å². The lowest BCUT2D eigenvalue weighted by molar-refractivity contribution is -0.123. The Hall–Kier alpha value is -2.04. The van der Waals surface area contributed by atoms with Gasteiger partial charge in [-0.15, -0.1) is 0 Å². The fraction of sp³-hybridized carbons (Fsp3) is 0.500. The van der Waals surface area contributed by atoms with Crippen molar-refractivity contribution in [3.8, 4) is 5.75 Å². The van der Waals surface area contributed by atoms with Crippen LogP contribution < -0.4 is 10.6 Å². The predicted octanol–water partition coefficient (Wildman–Crippen LogP) is 2.22. The fourth-order valence-corrected chi connectivity index (χ4v) is 2.49. The highest BCUT2D eigenvalue weighted by atomic mass is 16.3. The molecule has 0 bridgehead atoms. The van der Waals surface area contributed by atoms with Crippen LogP contribution in [0.2, 0.25) is 0 Å². The van der Waals surface area contributed by atoms with E-state index in [9.17, 15) is 14.7 Å². The molecule has 0 saturated carbocycles. The second-order valence-corrected chi connectivity index (χ2v) is 6.84. The summed E-state index contributed by atoms with van der Waals surface area (Å²) in [5.74, 6) is -0.00769. The van der Waals surface area contributed by atoms with E-state index >= 15 is 0 Å². The second kappa shape index (κ2) is 5.06. The Labute approximate surface area is 124 Å². The molecule has 5 nitrogen and oxygen atoms in total. The van der Waals surface area contributed by atoms with Gasteiger partial charge in [0.05, 0.1) is 0 Å². The van der Waals surface area contributed by atoms with E-state index in [0.29, 0.717) is 12.8 Å². The molecule has 1 unspecified atom stereocenters. The zero-order valence-corrected chi connectivity index (χ0v) is 12.9. The zero-order valence-electron chi connectivity index (χ0n) is 12.9. The van der Waals surface area contributed by atoms with Gasteiger partial charge >= 0.3 is 6.03 Å². The molecule has 3 N–H and O–H groups in total. The number of amides is 3. The first-order valence-electron chi connectivity index (χ1n) is 7.08.